The molecule has 164 valence electrons. The average molecular weight is 544 g/mol. The van der Waals surface area contributed by atoms with Crippen LogP contribution >= 0.6 is 24.0 Å². The minimum absolute atomic E-state index is 0. The van der Waals surface area contributed by atoms with E-state index < -0.39 is 9.84 Å². The normalized spacial score (nSPS) is 11.4. The fourth-order valence-electron chi connectivity index (χ4n) is 2.89. The quantitative estimate of drug-likeness (QED) is 0.283. The molecule has 0 radical (unpaired) electrons. The number of rotatable bonds is 7. The van der Waals surface area contributed by atoms with Crippen LogP contribution in [0.25, 0.3) is 0 Å². The largest absolute Gasteiger partial charge is 0.357 e. The second-order valence-electron chi connectivity index (χ2n) is 6.80. The highest BCUT2D eigenvalue weighted by Gasteiger charge is 2.11. The van der Waals surface area contributed by atoms with Crippen molar-refractivity contribution in [3.05, 3.63) is 59.2 Å². The number of hydrogen-bond acceptors (Lipinski definition) is 4. The summed E-state index contributed by atoms with van der Waals surface area (Å²) in [4.78, 5) is 16.1. The van der Waals surface area contributed by atoms with Gasteiger partial charge in [0.15, 0.2) is 15.8 Å². The minimum Gasteiger partial charge on any atom is -0.357 e. The smallest absolute Gasteiger partial charge is 0.221 e. The van der Waals surface area contributed by atoms with Gasteiger partial charge in [0, 0.05) is 32.0 Å². The monoisotopic (exact) mass is 544 g/mol. The van der Waals surface area contributed by atoms with Crippen molar-refractivity contribution in [3.63, 3.8) is 0 Å². The maximum Gasteiger partial charge on any atom is 0.221 e. The third-order valence-electron chi connectivity index (χ3n) is 4.11. The Morgan fingerprint density at radius 1 is 1.07 bits per heavy atom. The summed E-state index contributed by atoms with van der Waals surface area (Å²) in [5, 5.41) is 9.22. The van der Waals surface area contributed by atoms with Crippen LogP contribution < -0.4 is 16.0 Å². The van der Waals surface area contributed by atoms with Crippen LogP contribution in [0.1, 0.15) is 30.5 Å². The molecule has 3 N–H and O–H groups in total. The van der Waals surface area contributed by atoms with Crippen molar-refractivity contribution in [2.24, 2.45) is 4.99 Å². The zero-order chi connectivity index (χ0) is 21.4. The number of guanidine groups is 1. The molecule has 0 bridgehead atoms. The van der Waals surface area contributed by atoms with Crippen LogP contribution in [0.3, 0.4) is 0 Å². The molecule has 0 unspecified atom stereocenters. The van der Waals surface area contributed by atoms with Crippen molar-refractivity contribution >= 4 is 51.4 Å². The Morgan fingerprint density at radius 2 is 1.80 bits per heavy atom. The molecule has 0 saturated carbocycles. The second kappa shape index (κ2) is 11.9. The molecule has 0 fully saturated rings. The number of nitrogens with one attached hydrogen (secondary N) is 3. The van der Waals surface area contributed by atoms with E-state index >= 15 is 0 Å². The van der Waals surface area contributed by atoms with E-state index in [1.807, 2.05) is 37.3 Å². The predicted octanol–water partition coefficient (Wildman–Crippen LogP) is 3.23. The summed E-state index contributed by atoms with van der Waals surface area (Å²) in [6.07, 6.45) is 1.21. The van der Waals surface area contributed by atoms with E-state index in [2.05, 4.69) is 20.9 Å². The van der Waals surface area contributed by atoms with Crippen LogP contribution in [-0.2, 0) is 27.7 Å². The molecule has 7 nitrogen and oxygen atoms in total. The SMILES string of the molecule is CCNC(=NCc1cccc(NC(C)=O)c1)NCc1ccc(S(C)(=O)=O)c(C)c1.I. The molecule has 0 atom stereocenters. The second-order valence-corrected chi connectivity index (χ2v) is 8.79. The molecule has 30 heavy (non-hydrogen) atoms. The molecule has 0 saturated heterocycles. The van der Waals surface area contributed by atoms with E-state index in [9.17, 15) is 13.2 Å². The lowest BCUT2D eigenvalue weighted by Crippen LogP contribution is -2.36. The number of nitrogens with zero attached hydrogens (tertiary/aromatic N) is 1. The van der Waals surface area contributed by atoms with Gasteiger partial charge in [-0.2, -0.15) is 0 Å². The Hall–Kier alpha value is -2.14. The Balaban J connectivity index is 0.00000450. The molecule has 2 aromatic rings. The van der Waals surface area contributed by atoms with Gasteiger partial charge in [-0.3, -0.25) is 4.79 Å². The summed E-state index contributed by atoms with van der Waals surface area (Å²) in [6, 6.07) is 12.9. The fourth-order valence-corrected chi connectivity index (χ4v) is 3.85. The number of carbonyl (C=O) groups is 1. The first-order valence-electron chi connectivity index (χ1n) is 9.37. The maximum atomic E-state index is 11.8. The van der Waals surface area contributed by atoms with Crippen molar-refractivity contribution in [2.45, 2.75) is 38.8 Å². The van der Waals surface area contributed by atoms with Crippen molar-refractivity contribution in [1.82, 2.24) is 10.6 Å². The van der Waals surface area contributed by atoms with E-state index in [-0.39, 0.29) is 29.9 Å². The molecule has 9 heteroatoms. The summed E-state index contributed by atoms with van der Waals surface area (Å²) >= 11 is 0. The Kier molecular flexibility index (Phi) is 10.3. The van der Waals surface area contributed by atoms with Gasteiger partial charge in [0.1, 0.15) is 0 Å². The number of halogens is 1. The van der Waals surface area contributed by atoms with Crippen molar-refractivity contribution in [3.8, 4) is 0 Å². The number of aliphatic imine (C=N–C) groups is 1. The molecule has 2 rings (SSSR count). The van der Waals surface area contributed by atoms with Crippen LogP contribution in [0.4, 0.5) is 5.69 Å². The van der Waals surface area contributed by atoms with E-state index in [1.165, 1.54) is 13.2 Å². The van der Waals surface area contributed by atoms with Gasteiger partial charge in [-0.15, -0.1) is 24.0 Å². The number of hydrogen-bond donors (Lipinski definition) is 3. The Morgan fingerprint density at radius 3 is 2.40 bits per heavy atom. The third-order valence-corrected chi connectivity index (χ3v) is 5.37. The number of amides is 1. The summed E-state index contributed by atoms with van der Waals surface area (Å²) in [7, 11) is -3.22. The molecular weight excluding hydrogens is 515 g/mol. The van der Waals surface area contributed by atoms with Gasteiger partial charge in [0.25, 0.3) is 0 Å². The number of benzene rings is 2. The average Bonchev–Trinajstić information content (AvgIpc) is 2.63. The van der Waals surface area contributed by atoms with E-state index in [0.29, 0.717) is 30.5 Å². The first-order valence-corrected chi connectivity index (χ1v) is 11.3. The van der Waals surface area contributed by atoms with Crippen LogP contribution in [0, 0.1) is 6.92 Å². The molecule has 2 aromatic carbocycles. The first-order chi connectivity index (χ1) is 13.7. The van der Waals surface area contributed by atoms with Gasteiger partial charge < -0.3 is 16.0 Å². The van der Waals surface area contributed by atoms with Crippen LogP contribution in [0.15, 0.2) is 52.4 Å². The van der Waals surface area contributed by atoms with Gasteiger partial charge in [-0.25, -0.2) is 13.4 Å². The van der Waals surface area contributed by atoms with Crippen molar-refractivity contribution in [1.29, 1.82) is 0 Å². The zero-order valence-corrected chi connectivity index (χ0v) is 20.8. The highest BCUT2D eigenvalue weighted by molar-refractivity contribution is 14.0. The Labute approximate surface area is 195 Å². The summed E-state index contributed by atoms with van der Waals surface area (Å²) in [5.74, 6) is 0.542. The zero-order valence-electron chi connectivity index (χ0n) is 17.7. The third kappa shape index (κ3) is 8.31. The number of anilines is 1. The van der Waals surface area contributed by atoms with Crippen LogP contribution in [0.2, 0.25) is 0 Å². The molecule has 0 aliphatic heterocycles. The van der Waals surface area contributed by atoms with E-state index in [0.717, 1.165) is 22.4 Å². The molecule has 0 aliphatic rings. The number of carbonyl (C=O) groups excluding carboxylic acids is 1. The standard InChI is InChI=1S/C21H28N4O3S.HI/c1-5-22-21(23-13-17-7-6-8-19(12-17)25-16(3)26)24-14-18-9-10-20(15(2)11-18)29(4,27)28;/h6-12H,5,13-14H2,1-4H3,(H,25,26)(H2,22,23,24);1H. The molecule has 0 spiro atoms. The number of sulfone groups is 1. The van der Waals surface area contributed by atoms with Crippen molar-refractivity contribution < 1.29 is 13.2 Å². The van der Waals surface area contributed by atoms with E-state index in [1.54, 1.807) is 19.1 Å². The maximum absolute atomic E-state index is 11.8. The van der Waals surface area contributed by atoms with Gasteiger partial charge in [0.2, 0.25) is 5.91 Å². The molecule has 0 aliphatic carbocycles. The topological polar surface area (TPSA) is 99.7 Å². The summed E-state index contributed by atoms with van der Waals surface area (Å²) < 4.78 is 23.5. The fraction of sp³-hybridized carbons (Fsp3) is 0.333. The lowest BCUT2D eigenvalue weighted by Gasteiger charge is -2.13. The lowest BCUT2D eigenvalue weighted by atomic mass is 10.1. The van der Waals surface area contributed by atoms with Crippen LogP contribution in [0.5, 0.6) is 0 Å². The van der Waals surface area contributed by atoms with Crippen molar-refractivity contribution in [2.75, 3.05) is 18.1 Å². The summed E-state index contributed by atoms with van der Waals surface area (Å²) in [6.45, 7) is 6.93. The predicted molar refractivity (Wildman–Crippen MR) is 132 cm³/mol. The number of aryl methyl sites for hydroxylation is 1. The first kappa shape index (κ1) is 25.9. The van der Waals surface area contributed by atoms with Gasteiger partial charge >= 0.3 is 0 Å². The lowest BCUT2D eigenvalue weighted by molar-refractivity contribution is -0.114. The minimum atomic E-state index is -3.22. The van der Waals surface area contributed by atoms with E-state index in [4.69, 9.17) is 0 Å². The Bertz CT molecular complexity index is 1010. The highest BCUT2D eigenvalue weighted by Crippen LogP contribution is 2.16. The summed E-state index contributed by atoms with van der Waals surface area (Å²) in [5.41, 5.74) is 3.41. The molecule has 0 heterocycles. The van der Waals surface area contributed by atoms with Gasteiger partial charge in [0.05, 0.1) is 11.4 Å². The van der Waals surface area contributed by atoms with Crippen LogP contribution in [-0.4, -0.2) is 33.1 Å². The molecule has 1 amide bonds. The highest BCUT2D eigenvalue weighted by atomic mass is 127. The van der Waals surface area contributed by atoms with Gasteiger partial charge in [-0.1, -0.05) is 24.3 Å². The molecule has 0 aromatic heterocycles. The van der Waals surface area contributed by atoms with Gasteiger partial charge in [-0.05, 0) is 48.7 Å². The molecular formula is C21H29IN4O3S.